The zero-order valence-electron chi connectivity index (χ0n) is 22.1. The maximum absolute atomic E-state index is 13.2. The molecule has 2 atom stereocenters. The van der Waals surface area contributed by atoms with Crippen LogP contribution in [0.5, 0.6) is 5.75 Å². The SMILES string of the molecule is COc1cc(NC(C)CCCN2C(=O)CN(C(=O)[C@@H](N)Cc3ccccc3)C2(C)C)c2ncccc2c1. The van der Waals surface area contributed by atoms with Gasteiger partial charge in [0.05, 0.1) is 24.4 Å². The molecule has 0 spiro atoms. The Morgan fingerprint density at radius 2 is 1.95 bits per heavy atom. The van der Waals surface area contributed by atoms with Crippen molar-refractivity contribution in [2.75, 3.05) is 25.5 Å². The zero-order valence-corrected chi connectivity index (χ0v) is 22.1. The summed E-state index contributed by atoms with van der Waals surface area (Å²) in [4.78, 5) is 34.1. The van der Waals surface area contributed by atoms with Crippen LogP contribution in [0.25, 0.3) is 10.9 Å². The number of carbonyl (C=O) groups is 2. The number of rotatable bonds is 10. The van der Waals surface area contributed by atoms with Crippen molar-refractivity contribution in [3.63, 3.8) is 0 Å². The summed E-state index contributed by atoms with van der Waals surface area (Å²) in [5.74, 6) is 0.529. The van der Waals surface area contributed by atoms with Crippen molar-refractivity contribution in [3.05, 3.63) is 66.4 Å². The van der Waals surface area contributed by atoms with Crippen LogP contribution in [0, 0.1) is 0 Å². The monoisotopic (exact) mass is 503 g/mol. The van der Waals surface area contributed by atoms with E-state index in [-0.39, 0.29) is 24.4 Å². The molecule has 1 fully saturated rings. The van der Waals surface area contributed by atoms with Gasteiger partial charge in [0.25, 0.3) is 0 Å². The molecule has 1 aromatic heterocycles. The summed E-state index contributed by atoms with van der Waals surface area (Å²) in [6.07, 6.45) is 3.85. The normalized spacial score (nSPS) is 16.6. The van der Waals surface area contributed by atoms with Gasteiger partial charge in [-0.15, -0.1) is 0 Å². The highest BCUT2D eigenvalue weighted by Crippen LogP contribution is 2.30. The lowest BCUT2D eigenvalue weighted by atomic mass is 10.0. The second-order valence-electron chi connectivity index (χ2n) is 10.2. The van der Waals surface area contributed by atoms with Crippen LogP contribution in [0.1, 0.15) is 39.2 Å². The van der Waals surface area contributed by atoms with Crippen LogP contribution in [-0.2, 0) is 16.0 Å². The fourth-order valence-corrected chi connectivity index (χ4v) is 5.05. The molecule has 1 aliphatic heterocycles. The molecule has 4 rings (SSSR count). The van der Waals surface area contributed by atoms with Crippen LogP contribution in [0.4, 0.5) is 5.69 Å². The summed E-state index contributed by atoms with van der Waals surface area (Å²) in [6.45, 7) is 6.57. The number of aromatic nitrogens is 1. The minimum absolute atomic E-state index is 0.0473. The van der Waals surface area contributed by atoms with E-state index in [1.165, 1.54) is 0 Å². The van der Waals surface area contributed by atoms with Crippen LogP contribution in [-0.4, -0.2) is 64.5 Å². The molecule has 8 nitrogen and oxygen atoms in total. The van der Waals surface area contributed by atoms with Crippen LogP contribution in [0.3, 0.4) is 0 Å². The molecule has 1 aliphatic rings. The van der Waals surface area contributed by atoms with Gasteiger partial charge in [-0.25, -0.2) is 0 Å². The van der Waals surface area contributed by atoms with Gasteiger partial charge in [-0.3, -0.25) is 14.6 Å². The predicted molar refractivity (Wildman–Crippen MR) is 146 cm³/mol. The van der Waals surface area contributed by atoms with Gasteiger partial charge in [0.15, 0.2) is 0 Å². The quantitative estimate of drug-likeness (QED) is 0.437. The Labute approximate surface area is 218 Å². The van der Waals surface area contributed by atoms with Crippen molar-refractivity contribution in [1.82, 2.24) is 14.8 Å². The molecule has 0 radical (unpaired) electrons. The van der Waals surface area contributed by atoms with Gasteiger partial charge >= 0.3 is 0 Å². The third kappa shape index (κ3) is 5.85. The van der Waals surface area contributed by atoms with E-state index >= 15 is 0 Å². The first-order valence-electron chi connectivity index (χ1n) is 12.8. The summed E-state index contributed by atoms with van der Waals surface area (Å²) in [6, 6.07) is 17.0. The van der Waals surface area contributed by atoms with Gasteiger partial charge in [-0.2, -0.15) is 0 Å². The molecule has 196 valence electrons. The number of fused-ring (bicyclic) bond motifs is 1. The third-order valence-electron chi connectivity index (χ3n) is 7.13. The predicted octanol–water partition coefficient (Wildman–Crippen LogP) is 3.80. The highest BCUT2D eigenvalue weighted by molar-refractivity contribution is 5.92. The number of nitrogens with zero attached hydrogens (tertiary/aromatic N) is 3. The number of hydrogen-bond donors (Lipinski definition) is 2. The Bertz CT molecular complexity index is 1250. The lowest BCUT2D eigenvalue weighted by Crippen LogP contribution is -2.55. The highest BCUT2D eigenvalue weighted by Gasteiger charge is 2.47. The van der Waals surface area contributed by atoms with E-state index in [1.807, 2.05) is 68.4 Å². The number of pyridine rings is 1. The number of hydrogen-bond acceptors (Lipinski definition) is 6. The smallest absolute Gasteiger partial charge is 0.244 e. The van der Waals surface area contributed by atoms with Crippen LogP contribution in [0.15, 0.2) is 60.8 Å². The fourth-order valence-electron chi connectivity index (χ4n) is 5.05. The van der Waals surface area contributed by atoms with E-state index in [4.69, 9.17) is 10.5 Å². The highest BCUT2D eigenvalue weighted by atomic mass is 16.5. The van der Waals surface area contributed by atoms with Crippen molar-refractivity contribution in [2.24, 2.45) is 5.73 Å². The minimum atomic E-state index is -0.730. The number of nitrogens with two attached hydrogens (primary N) is 1. The zero-order chi connectivity index (χ0) is 26.6. The molecule has 0 aliphatic carbocycles. The number of methoxy groups -OCH3 is 1. The Hall–Kier alpha value is -3.65. The van der Waals surface area contributed by atoms with Crippen LogP contribution >= 0.6 is 0 Å². The Morgan fingerprint density at radius 3 is 2.68 bits per heavy atom. The van der Waals surface area contributed by atoms with Gasteiger partial charge in [0.1, 0.15) is 18.0 Å². The number of nitrogens with one attached hydrogen (secondary N) is 1. The topological polar surface area (TPSA) is 101 Å². The molecule has 0 saturated carbocycles. The molecule has 3 aromatic rings. The third-order valence-corrected chi connectivity index (χ3v) is 7.13. The van der Waals surface area contributed by atoms with Gasteiger partial charge in [0.2, 0.25) is 11.8 Å². The van der Waals surface area contributed by atoms with E-state index in [0.717, 1.165) is 40.7 Å². The fraction of sp³-hybridized carbons (Fsp3) is 0.414. The second-order valence-corrected chi connectivity index (χ2v) is 10.2. The first-order valence-corrected chi connectivity index (χ1v) is 12.8. The molecule has 1 saturated heterocycles. The molecule has 8 heteroatoms. The van der Waals surface area contributed by atoms with E-state index in [0.29, 0.717) is 13.0 Å². The second kappa shape index (κ2) is 11.2. The summed E-state index contributed by atoms with van der Waals surface area (Å²) >= 11 is 0. The lowest BCUT2D eigenvalue weighted by molar-refractivity contribution is -0.139. The summed E-state index contributed by atoms with van der Waals surface area (Å²) in [5, 5.41) is 4.57. The first kappa shape index (κ1) is 26.4. The standard InChI is InChI=1S/C29H37N5O3/c1-20(32-25-18-23(37-4)17-22-13-8-14-31-27(22)25)10-9-15-33-26(35)19-34(29(33,2)3)28(36)24(30)16-21-11-6-5-7-12-21/h5-8,11-14,17-18,20,24,32H,9-10,15-16,19,30H2,1-4H3/t20?,24-/m0/s1. The van der Waals surface area contributed by atoms with Crippen molar-refractivity contribution in [1.29, 1.82) is 0 Å². The van der Waals surface area contributed by atoms with Crippen LogP contribution < -0.4 is 15.8 Å². The molecule has 2 aromatic carbocycles. The van der Waals surface area contributed by atoms with Gasteiger partial charge in [-0.05, 0) is 57.7 Å². The van der Waals surface area contributed by atoms with Crippen molar-refractivity contribution >= 4 is 28.4 Å². The molecule has 0 bridgehead atoms. The Kier molecular flexibility index (Phi) is 7.97. The van der Waals surface area contributed by atoms with Gasteiger partial charge in [0, 0.05) is 30.2 Å². The average Bonchev–Trinajstić information content (AvgIpc) is 3.11. The maximum atomic E-state index is 13.2. The Morgan fingerprint density at radius 1 is 1.19 bits per heavy atom. The van der Waals surface area contributed by atoms with Crippen molar-refractivity contribution < 1.29 is 14.3 Å². The van der Waals surface area contributed by atoms with E-state index in [1.54, 1.807) is 23.1 Å². The Balaban J connectivity index is 1.35. The number of anilines is 1. The van der Waals surface area contributed by atoms with Crippen LogP contribution in [0.2, 0.25) is 0 Å². The molecular weight excluding hydrogens is 466 g/mol. The number of benzene rings is 2. The van der Waals surface area contributed by atoms with Gasteiger partial charge < -0.3 is 25.6 Å². The summed E-state index contributed by atoms with van der Waals surface area (Å²) in [5.41, 5.74) is 8.36. The van der Waals surface area contributed by atoms with E-state index in [2.05, 4.69) is 17.2 Å². The molecule has 3 N–H and O–H groups in total. The first-order chi connectivity index (χ1) is 17.7. The maximum Gasteiger partial charge on any atom is 0.244 e. The molecule has 37 heavy (non-hydrogen) atoms. The molecular formula is C29H37N5O3. The summed E-state index contributed by atoms with van der Waals surface area (Å²) in [7, 11) is 1.65. The largest absolute Gasteiger partial charge is 0.497 e. The summed E-state index contributed by atoms with van der Waals surface area (Å²) < 4.78 is 5.45. The number of carbonyl (C=O) groups excluding carboxylic acids is 2. The minimum Gasteiger partial charge on any atom is -0.497 e. The van der Waals surface area contributed by atoms with Crippen molar-refractivity contribution in [3.8, 4) is 5.75 Å². The molecule has 1 unspecified atom stereocenters. The van der Waals surface area contributed by atoms with E-state index in [9.17, 15) is 9.59 Å². The molecule has 2 amide bonds. The average molecular weight is 504 g/mol. The number of amides is 2. The van der Waals surface area contributed by atoms with Crippen molar-refractivity contribution in [2.45, 2.75) is 57.8 Å². The lowest BCUT2D eigenvalue weighted by Gasteiger charge is -2.38. The molecule has 2 heterocycles. The van der Waals surface area contributed by atoms with E-state index < -0.39 is 11.7 Å². The number of ether oxygens (including phenoxy) is 1. The van der Waals surface area contributed by atoms with Gasteiger partial charge in [-0.1, -0.05) is 36.4 Å².